The van der Waals surface area contributed by atoms with E-state index in [4.69, 9.17) is 10.9 Å². The maximum atomic E-state index is 13.0. The van der Waals surface area contributed by atoms with Gasteiger partial charge in [0.2, 0.25) is 10.0 Å². The molecule has 0 radical (unpaired) electrons. The number of nitrogens with zero attached hydrogens (tertiary/aromatic N) is 3. The van der Waals surface area contributed by atoms with E-state index < -0.39 is 19.7 Å². The molecule has 0 aliphatic carbocycles. The van der Waals surface area contributed by atoms with E-state index in [2.05, 4.69) is 22.7 Å². The van der Waals surface area contributed by atoms with E-state index in [1.807, 2.05) is 4.90 Å². The molecule has 2 atom stereocenters. The van der Waals surface area contributed by atoms with Crippen molar-refractivity contribution in [1.29, 1.82) is 0 Å². The van der Waals surface area contributed by atoms with E-state index in [0.29, 0.717) is 18.0 Å². The van der Waals surface area contributed by atoms with Crippen molar-refractivity contribution in [1.82, 2.24) is 9.29 Å². The molecule has 2 heterocycles. The fraction of sp³-hybridized carbons (Fsp3) is 0.263. The SMILES string of the molecule is C=S(N)(=O)c1ccc(N2CCN(S(=O)(=O)c3ccc(N)nc3)CC2C#CC)cc1. The van der Waals surface area contributed by atoms with E-state index in [1.54, 1.807) is 31.2 Å². The second-order valence-corrected chi connectivity index (χ2v) is 10.5. The van der Waals surface area contributed by atoms with Gasteiger partial charge in [-0.05, 0) is 49.2 Å². The third-order valence-electron chi connectivity index (χ3n) is 4.62. The predicted molar refractivity (Wildman–Crippen MR) is 116 cm³/mol. The highest BCUT2D eigenvalue weighted by atomic mass is 32.2. The first kappa shape index (κ1) is 21.1. The van der Waals surface area contributed by atoms with Gasteiger partial charge in [-0.3, -0.25) is 5.14 Å². The first-order chi connectivity index (χ1) is 13.6. The molecule has 2 aromatic rings. The van der Waals surface area contributed by atoms with Crippen molar-refractivity contribution >= 4 is 37.1 Å². The molecular weight excluding hydrogens is 410 g/mol. The lowest BCUT2D eigenvalue weighted by molar-refractivity contribution is 0.360. The van der Waals surface area contributed by atoms with Crippen LogP contribution in [0.1, 0.15) is 6.92 Å². The molecule has 0 amide bonds. The molecule has 1 saturated heterocycles. The third-order valence-corrected chi connectivity index (χ3v) is 7.54. The Morgan fingerprint density at radius 1 is 1.10 bits per heavy atom. The molecular formula is C19H23N5O3S2. The van der Waals surface area contributed by atoms with Crippen LogP contribution in [0.15, 0.2) is 52.4 Å². The molecule has 2 unspecified atom stereocenters. The van der Waals surface area contributed by atoms with Crippen LogP contribution in [0.4, 0.5) is 11.5 Å². The Balaban J connectivity index is 1.86. The third kappa shape index (κ3) is 4.54. The van der Waals surface area contributed by atoms with Crippen molar-refractivity contribution in [2.24, 2.45) is 5.14 Å². The van der Waals surface area contributed by atoms with Crippen molar-refractivity contribution in [3.8, 4) is 11.8 Å². The van der Waals surface area contributed by atoms with Gasteiger partial charge in [-0.25, -0.2) is 17.6 Å². The molecule has 0 bridgehead atoms. The lowest BCUT2D eigenvalue weighted by Gasteiger charge is -2.39. The van der Waals surface area contributed by atoms with E-state index in [-0.39, 0.29) is 23.3 Å². The Kier molecular flexibility index (Phi) is 5.86. The van der Waals surface area contributed by atoms with Gasteiger partial charge in [-0.2, -0.15) is 4.31 Å². The topological polar surface area (TPSA) is 123 Å². The van der Waals surface area contributed by atoms with Crippen molar-refractivity contribution in [2.45, 2.75) is 22.8 Å². The van der Waals surface area contributed by atoms with Crippen molar-refractivity contribution < 1.29 is 12.6 Å². The Labute approximate surface area is 171 Å². The molecule has 8 nitrogen and oxygen atoms in total. The lowest BCUT2D eigenvalue weighted by Crippen LogP contribution is -2.54. The summed E-state index contributed by atoms with van der Waals surface area (Å²) >= 11 is 0. The molecule has 4 N–H and O–H groups in total. The molecule has 1 aliphatic heterocycles. The largest absolute Gasteiger partial charge is 0.384 e. The van der Waals surface area contributed by atoms with E-state index in [9.17, 15) is 12.6 Å². The lowest BCUT2D eigenvalue weighted by atomic mass is 10.1. The number of nitrogens with two attached hydrogens (primary N) is 2. The van der Waals surface area contributed by atoms with Crippen molar-refractivity contribution in [3.63, 3.8) is 0 Å². The van der Waals surface area contributed by atoms with Gasteiger partial charge in [0.05, 0.1) is 9.71 Å². The number of pyridine rings is 1. The molecule has 1 aromatic carbocycles. The summed E-state index contributed by atoms with van der Waals surface area (Å²) in [5.74, 6) is 9.70. The van der Waals surface area contributed by atoms with Crippen LogP contribution >= 0.6 is 0 Å². The maximum absolute atomic E-state index is 13.0. The minimum absolute atomic E-state index is 0.0980. The Hall–Kier alpha value is -2.58. The molecule has 1 fully saturated rings. The normalized spacial score (nSPS) is 19.8. The van der Waals surface area contributed by atoms with Crippen LogP contribution in [0.5, 0.6) is 0 Å². The molecule has 29 heavy (non-hydrogen) atoms. The average molecular weight is 434 g/mol. The first-order valence-corrected chi connectivity index (χ1v) is 12.0. The second-order valence-electron chi connectivity index (χ2n) is 6.61. The van der Waals surface area contributed by atoms with Crippen LogP contribution in [0.2, 0.25) is 0 Å². The summed E-state index contributed by atoms with van der Waals surface area (Å²) in [6, 6.07) is 9.52. The van der Waals surface area contributed by atoms with Crippen LogP contribution in [0.25, 0.3) is 0 Å². The summed E-state index contributed by atoms with van der Waals surface area (Å²) in [6.45, 7) is 2.66. The van der Waals surface area contributed by atoms with Gasteiger partial charge < -0.3 is 10.6 Å². The summed E-state index contributed by atoms with van der Waals surface area (Å²) in [4.78, 5) is 6.46. The van der Waals surface area contributed by atoms with Gasteiger partial charge in [-0.15, -0.1) is 5.92 Å². The molecule has 0 spiro atoms. The number of rotatable bonds is 4. The van der Waals surface area contributed by atoms with E-state index >= 15 is 0 Å². The molecule has 1 aliphatic rings. The minimum Gasteiger partial charge on any atom is -0.384 e. The van der Waals surface area contributed by atoms with Gasteiger partial charge in [0, 0.05) is 36.4 Å². The number of nitrogen functional groups attached to an aromatic ring is 1. The number of benzene rings is 1. The highest BCUT2D eigenvalue weighted by Crippen LogP contribution is 2.25. The van der Waals surface area contributed by atoms with E-state index in [0.717, 1.165) is 5.69 Å². The summed E-state index contributed by atoms with van der Waals surface area (Å²) in [6.07, 6.45) is 1.26. The zero-order valence-corrected chi connectivity index (χ0v) is 17.6. The molecule has 154 valence electrons. The molecule has 1 aromatic heterocycles. The zero-order chi connectivity index (χ0) is 21.2. The number of aromatic nitrogens is 1. The Morgan fingerprint density at radius 2 is 1.76 bits per heavy atom. The number of sulfonamides is 1. The van der Waals surface area contributed by atoms with Crippen molar-refractivity contribution in [2.75, 3.05) is 30.3 Å². The minimum atomic E-state index is -3.70. The number of anilines is 2. The fourth-order valence-electron chi connectivity index (χ4n) is 3.14. The number of hydrogen-bond acceptors (Lipinski definition) is 6. The highest BCUT2D eigenvalue weighted by molar-refractivity contribution is 7.98. The number of piperazine rings is 1. The van der Waals surface area contributed by atoms with E-state index in [1.165, 1.54) is 22.6 Å². The summed E-state index contributed by atoms with van der Waals surface area (Å²) in [5, 5.41) is 5.59. The van der Waals surface area contributed by atoms with Crippen LogP contribution in [-0.2, 0) is 19.7 Å². The van der Waals surface area contributed by atoms with Crippen LogP contribution in [0, 0.1) is 11.8 Å². The maximum Gasteiger partial charge on any atom is 0.244 e. The Morgan fingerprint density at radius 3 is 2.31 bits per heavy atom. The van der Waals surface area contributed by atoms with Gasteiger partial charge in [0.25, 0.3) is 0 Å². The quantitative estimate of drug-likeness (QED) is 0.535. The number of hydrogen-bond donors (Lipinski definition) is 2. The predicted octanol–water partition coefficient (Wildman–Crippen LogP) is 0.516. The monoisotopic (exact) mass is 433 g/mol. The summed E-state index contributed by atoms with van der Waals surface area (Å²) < 4.78 is 39.2. The second kappa shape index (κ2) is 8.04. The summed E-state index contributed by atoms with van der Waals surface area (Å²) in [5.41, 5.74) is 6.40. The van der Waals surface area contributed by atoms with Gasteiger partial charge in [0.15, 0.2) is 0 Å². The Bertz CT molecular complexity index is 1150. The summed E-state index contributed by atoms with van der Waals surface area (Å²) in [7, 11) is -6.49. The van der Waals surface area contributed by atoms with Gasteiger partial charge in [0.1, 0.15) is 16.8 Å². The molecule has 0 saturated carbocycles. The standard InChI is InChI=1S/C19H23N5O3S2/c1-3-4-16-14-23(29(26,27)18-9-10-19(20)22-13-18)11-12-24(16)15-5-7-17(8-6-15)28(2,21)25/h5-10,13,16H,2,11-12,14H2,1H3,(H2,20,22)(H2,21,25). The fourth-order valence-corrected chi connectivity index (χ4v) is 5.12. The van der Waals surface area contributed by atoms with Crippen LogP contribution in [0.3, 0.4) is 0 Å². The van der Waals surface area contributed by atoms with Crippen LogP contribution < -0.4 is 15.8 Å². The smallest absolute Gasteiger partial charge is 0.244 e. The van der Waals surface area contributed by atoms with Crippen molar-refractivity contribution in [3.05, 3.63) is 42.6 Å². The molecule has 3 rings (SSSR count). The zero-order valence-electron chi connectivity index (χ0n) is 16.0. The average Bonchev–Trinajstić information content (AvgIpc) is 2.68. The van der Waals surface area contributed by atoms with Gasteiger partial charge in [-0.1, -0.05) is 5.92 Å². The molecule has 10 heteroatoms. The first-order valence-electron chi connectivity index (χ1n) is 8.78. The van der Waals surface area contributed by atoms with Crippen LogP contribution in [-0.4, -0.2) is 53.5 Å². The van der Waals surface area contributed by atoms with Gasteiger partial charge >= 0.3 is 0 Å². The highest BCUT2D eigenvalue weighted by Gasteiger charge is 2.34.